The number of hydrogen-bond acceptors (Lipinski definition) is 7. The number of nitrogens with zero attached hydrogens (tertiary/aromatic N) is 2. The van der Waals surface area contributed by atoms with Gasteiger partial charge in [-0.15, -0.1) is 0 Å². The topological polar surface area (TPSA) is 145 Å². The lowest BCUT2D eigenvalue weighted by molar-refractivity contribution is -0.132. The second-order valence-corrected chi connectivity index (χ2v) is 6.50. The number of allylic oxidation sites excluding steroid dienone is 1. The molecule has 0 aliphatic rings. The Morgan fingerprint density at radius 2 is 2.10 bits per heavy atom. The van der Waals surface area contributed by atoms with Crippen LogP contribution in [0.3, 0.4) is 0 Å². The van der Waals surface area contributed by atoms with Crippen LogP contribution in [0.2, 0.25) is 0 Å². The summed E-state index contributed by atoms with van der Waals surface area (Å²) in [6.45, 7) is 5.39. The van der Waals surface area contributed by atoms with Crippen molar-refractivity contribution in [2.45, 2.75) is 52.9 Å². The van der Waals surface area contributed by atoms with Crippen molar-refractivity contribution < 1.29 is 24.6 Å². The van der Waals surface area contributed by atoms with E-state index in [1.807, 2.05) is 6.92 Å². The number of pyridine rings is 1. The van der Waals surface area contributed by atoms with E-state index in [-0.39, 0.29) is 29.5 Å². The minimum absolute atomic E-state index is 0.0247. The molecule has 158 valence electrons. The first-order valence-corrected chi connectivity index (χ1v) is 9.47. The van der Waals surface area contributed by atoms with E-state index in [9.17, 15) is 14.7 Å². The van der Waals surface area contributed by atoms with Gasteiger partial charge in [0.15, 0.2) is 0 Å². The minimum atomic E-state index is -1.03. The molecule has 9 nitrogen and oxygen atoms in total. The second-order valence-electron chi connectivity index (χ2n) is 6.50. The van der Waals surface area contributed by atoms with Crippen LogP contribution >= 0.6 is 0 Å². The minimum Gasteiger partial charge on any atom is -0.506 e. The van der Waals surface area contributed by atoms with Crippen LogP contribution < -0.4 is 5.32 Å². The number of nitrogens with one attached hydrogen (secondary N) is 2. The Labute approximate surface area is 170 Å². The third kappa shape index (κ3) is 8.54. The third-order valence-electron chi connectivity index (χ3n) is 4.09. The van der Waals surface area contributed by atoms with E-state index in [2.05, 4.69) is 15.5 Å². The Morgan fingerprint density at radius 1 is 1.38 bits per heavy atom. The molecular weight excluding hydrogens is 376 g/mol. The van der Waals surface area contributed by atoms with Gasteiger partial charge >= 0.3 is 5.97 Å². The molecule has 0 aliphatic carbocycles. The monoisotopic (exact) mass is 404 g/mol. The molecular formula is C20H28N4O5. The molecule has 0 fully saturated rings. The zero-order chi connectivity index (χ0) is 21.8. The summed E-state index contributed by atoms with van der Waals surface area (Å²) in [7, 11) is 0. The van der Waals surface area contributed by atoms with Crippen molar-refractivity contribution in [2.75, 3.05) is 0 Å². The van der Waals surface area contributed by atoms with Gasteiger partial charge in [0.2, 0.25) is 11.8 Å². The van der Waals surface area contributed by atoms with E-state index in [1.165, 1.54) is 24.5 Å². The number of unbranched alkanes of at least 4 members (excludes halogenated alkanes) is 1. The van der Waals surface area contributed by atoms with Crippen molar-refractivity contribution in [3.63, 3.8) is 0 Å². The molecule has 0 saturated carbocycles. The SMILES string of the molecule is CCCC/C(C(=O)O)=C(\CC)NC(=O)CC(C)C(=N)O/N=C/c1ccc(O)cn1. The molecule has 0 aromatic carbocycles. The molecule has 1 aromatic rings. The summed E-state index contributed by atoms with van der Waals surface area (Å²) in [6.07, 6.45) is 4.86. The maximum Gasteiger partial charge on any atom is 0.333 e. The van der Waals surface area contributed by atoms with E-state index < -0.39 is 11.9 Å². The quantitative estimate of drug-likeness (QED) is 0.193. The molecule has 4 N–H and O–H groups in total. The summed E-state index contributed by atoms with van der Waals surface area (Å²) in [5.41, 5.74) is 1.05. The smallest absolute Gasteiger partial charge is 0.333 e. The largest absolute Gasteiger partial charge is 0.506 e. The molecule has 0 saturated heterocycles. The van der Waals surface area contributed by atoms with Gasteiger partial charge in [-0.3, -0.25) is 15.2 Å². The standard InChI is InChI=1S/C20H28N4O5/c1-4-6-7-16(20(27)28)17(5-2)24-18(26)10-13(3)19(21)29-23-11-14-8-9-15(25)12-22-14/h8-9,11-13,21,25H,4-7,10H2,1-3H3,(H,24,26)(H,27,28)/b17-16-,21-19?,23-11+. The molecule has 29 heavy (non-hydrogen) atoms. The summed E-state index contributed by atoms with van der Waals surface area (Å²) in [4.78, 5) is 32.6. The molecule has 1 rings (SSSR count). The predicted molar refractivity (Wildman–Crippen MR) is 109 cm³/mol. The zero-order valence-electron chi connectivity index (χ0n) is 16.9. The fourth-order valence-electron chi connectivity index (χ4n) is 2.41. The number of carbonyl (C=O) groups is 2. The van der Waals surface area contributed by atoms with Gasteiger partial charge in [0, 0.05) is 18.0 Å². The number of aliphatic carboxylic acids is 1. The van der Waals surface area contributed by atoms with Crippen molar-refractivity contribution >= 4 is 24.0 Å². The van der Waals surface area contributed by atoms with Crippen molar-refractivity contribution in [3.8, 4) is 5.75 Å². The fraction of sp³-hybridized carbons (Fsp3) is 0.450. The van der Waals surface area contributed by atoms with Crippen LogP contribution in [0.25, 0.3) is 0 Å². The summed E-state index contributed by atoms with van der Waals surface area (Å²) in [5, 5.41) is 32.8. The van der Waals surface area contributed by atoms with Gasteiger partial charge in [0.25, 0.3) is 0 Å². The highest BCUT2D eigenvalue weighted by Crippen LogP contribution is 2.15. The Morgan fingerprint density at radius 3 is 2.66 bits per heavy atom. The van der Waals surface area contributed by atoms with E-state index in [0.29, 0.717) is 24.2 Å². The number of carbonyl (C=O) groups excluding carboxylic acids is 1. The number of carboxylic acid groups (broad SMARTS) is 1. The summed E-state index contributed by atoms with van der Waals surface area (Å²) in [5.74, 6) is -2.15. The molecule has 0 bridgehead atoms. The Balaban J connectivity index is 2.63. The average Bonchev–Trinajstić information content (AvgIpc) is 2.68. The number of oxime groups is 1. The molecule has 1 atom stereocenters. The number of aromatic hydroxyl groups is 1. The second kappa shape index (κ2) is 12.3. The predicted octanol–water partition coefficient (Wildman–Crippen LogP) is 3.20. The Bertz CT molecular complexity index is 772. The van der Waals surface area contributed by atoms with E-state index >= 15 is 0 Å². The molecule has 0 radical (unpaired) electrons. The molecule has 1 heterocycles. The molecule has 1 amide bonds. The van der Waals surface area contributed by atoms with Gasteiger partial charge in [0.1, 0.15) is 5.75 Å². The lowest BCUT2D eigenvalue weighted by atomic mass is 10.0. The van der Waals surface area contributed by atoms with Crippen LogP contribution in [-0.4, -0.2) is 39.2 Å². The highest BCUT2D eigenvalue weighted by molar-refractivity contribution is 5.90. The normalized spacial score (nSPS) is 12.9. The van der Waals surface area contributed by atoms with Crippen LogP contribution in [0.5, 0.6) is 5.75 Å². The van der Waals surface area contributed by atoms with Crippen LogP contribution in [0.1, 0.15) is 58.6 Å². The molecule has 0 spiro atoms. The number of rotatable bonds is 11. The highest BCUT2D eigenvalue weighted by Gasteiger charge is 2.19. The van der Waals surface area contributed by atoms with Crippen LogP contribution in [0.15, 0.2) is 34.8 Å². The van der Waals surface area contributed by atoms with E-state index in [1.54, 1.807) is 13.8 Å². The summed E-state index contributed by atoms with van der Waals surface area (Å²) in [6, 6.07) is 2.97. The maximum atomic E-state index is 12.3. The number of carboxylic acids is 1. The van der Waals surface area contributed by atoms with Crippen molar-refractivity contribution in [3.05, 3.63) is 35.3 Å². The average molecular weight is 404 g/mol. The van der Waals surface area contributed by atoms with Crippen LogP contribution in [-0.2, 0) is 14.4 Å². The number of amides is 1. The molecule has 1 unspecified atom stereocenters. The third-order valence-corrected chi connectivity index (χ3v) is 4.09. The molecule has 9 heteroatoms. The van der Waals surface area contributed by atoms with E-state index in [0.717, 1.165) is 12.8 Å². The highest BCUT2D eigenvalue weighted by atomic mass is 16.6. The number of hydrogen-bond donors (Lipinski definition) is 4. The Hall–Kier alpha value is -3.23. The molecule has 0 aliphatic heterocycles. The summed E-state index contributed by atoms with van der Waals surface area (Å²) >= 11 is 0. The fourth-order valence-corrected chi connectivity index (χ4v) is 2.41. The lowest BCUT2D eigenvalue weighted by Gasteiger charge is -2.15. The maximum absolute atomic E-state index is 12.3. The van der Waals surface area contributed by atoms with Gasteiger partial charge in [-0.1, -0.05) is 32.3 Å². The van der Waals surface area contributed by atoms with Gasteiger partial charge in [-0.2, -0.15) is 0 Å². The Kier molecular flexibility index (Phi) is 10.1. The molecule has 1 aromatic heterocycles. The van der Waals surface area contributed by atoms with Crippen LogP contribution in [0, 0.1) is 11.3 Å². The first kappa shape index (κ1) is 23.8. The zero-order valence-corrected chi connectivity index (χ0v) is 16.9. The van der Waals surface area contributed by atoms with E-state index in [4.69, 9.17) is 15.4 Å². The lowest BCUT2D eigenvalue weighted by Crippen LogP contribution is -2.28. The van der Waals surface area contributed by atoms with Gasteiger partial charge < -0.3 is 20.4 Å². The van der Waals surface area contributed by atoms with Crippen molar-refractivity contribution in [1.82, 2.24) is 10.3 Å². The van der Waals surface area contributed by atoms with Crippen molar-refractivity contribution in [1.29, 1.82) is 5.41 Å². The first-order chi connectivity index (χ1) is 13.8. The first-order valence-electron chi connectivity index (χ1n) is 9.47. The van der Waals surface area contributed by atoms with Gasteiger partial charge in [-0.25, -0.2) is 4.79 Å². The van der Waals surface area contributed by atoms with Gasteiger partial charge in [-0.05, 0) is 31.4 Å². The summed E-state index contributed by atoms with van der Waals surface area (Å²) < 4.78 is 0. The number of aromatic nitrogens is 1. The van der Waals surface area contributed by atoms with Crippen LogP contribution in [0.4, 0.5) is 0 Å². The van der Waals surface area contributed by atoms with Gasteiger partial charge in [0.05, 0.1) is 23.7 Å². The van der Waals surface area contributed by atoms with Crippen molar-refractivity contribution in [2.24, 2.45) is 11.1 Å².